The standard InChI is InChI=1S/2C39H58NO3.C26H24P2.2ClH.2Pd/c2*1-6-7-8-9-10-11-12-13-14-15-16-17-18-19-20-24-38(41)43-30-29-42-35-27-25-34(26-28-35)31-40-39-36(32(2)3)22-21-23-37(39)33(4)5;1-5-13-23(14-6-1)27(24-15-7-2-8-16-24)21-22-28(25-17-9-3-10-18-25)26-19-11-4-12-20-26;;;;/h2*13-14,21-23,25,27-28,31-33H,6-12,15-20,24,29-30H2,1-5H3;1-20H,21-22H2;2*1H;;/q2*-1;;;;2*+2/p-2/b2*14-13+,40-31?;;;;;. The average Bonchev–Trinajstić information content (AvgIpc) is 0.868. The van der Waals surface area contributed by atoms with E-state index in [9.17, 15) is 9.59 Å². The minimum atomic E-state index is -0.348. The van der Waals surface area contributed by atoms with Gasteiger partial charge in [-0.3, -0.25) is 9.59 Å². The molecule has 0 aliphatic rings. The van der Waals surface area contributed by atoms with Crippen LogP contribution in [0.1, 0.15) is 306 Å². The molecule has 0 aromatic heterocycles. The van der Waals surface area contributed by atoms with Crippen molar-refractivity contribution in [3.8, 4) is 11.5 Å². The third-order valence-corrected chi connectivity index (χ3v) is 25.7. The minimum absolute atomic E-state index is 0.137. The van der Waals surface area contributed by atoms with Crippen molar-refractivity contribution in [3.63, 3.8) is 0 Å². The van der Waals surface area contributed by atoms with Crippen molar-refractivity contribution in [2.45, 2.75) is 273 Å². The fourth-order valence-corrected chi connectivity index (χ4v) is 19.0. The first kappa shape index (κ1) is 104. The summed E-state index contributed by atoms with van der Waals surface area (Å²) in [6.07, 6.45) is 49.0. The number of halogens is 2. The molecule has 8 aromatic carbocycles. The fourth-order valence-electron chi connectivity index (χ4n) is 13.7. The fraction of sp³-hybridized carbons (Fsp3) is 0.462. The van der Waals surface area contributed by atoms with Crippen LogP contribution in [-0.4, -0.2) is 63.1 Å². The maximum atomic E-state index is 12.0. The first-order valence-electron chi connectivity index (χ1n) is 44.0. The van der Waals surface area contributed by atoms with Crippen LogP contribution in [0.5, 0.6) is 11.5 Å². The van der Waals surface area contributed by atoms with Crippen LogP contribution < -0.4 is 30.7 Å². The number of hydrogen-bond donors (Lipinski definition) is 0. The maximum absolute atomic E-state index is 12.0. The van der Waals surface area contributed by atoms with Crippen LogP contribution in [0.4, 0.5) is 11.4 Å². The molecule has 0 saturated carbocycles. The number of benzene rings is 8. The number of aliphatic imine (C=N–C) groups is 2. The van der Waals surface area contributed by atoms with Gasteiger partial charge in [0.2, 0.25) is 0 Å². The van der Waals surface area contributed by atoms with Gasteiger partial charge in [-0.15, -0.1) is 59.7 Å². The zero-order valence-corrected chi connectivity index (χ0v) is 79.3. The third kappa shape index (κ3) is 45.7. The third-order valence-electron chi connectivity index (χ3n) is 20.3. The first-order chi connectivity index (χ1) is 57.8. The average molecular weight is 1860 g/mol. The molecule has 0 N–H and O–H groups in total. The van der Waals surface area contributed by atoms with Crippen molar-refractivity contribution in [2.75, 3.05) is 38.8 Å². The van der Waals surface area contributed by atoms with E-state index in [1.54, 1.807) is 0 Å². The van der Waals surface area contributed by atoms with Gasteiger partial charge in [-0.1, -0.05) is 354 Å². The van der Waals surface area contributed by atoms with Crippen LogP contribution >= 0.6 is 34.9 Å². The molecule has 646 valence electrons. The number of ether oxygens (including phenoxy) is 4. The van der Waals surface area contributed by atoms with E-state index in [1.165, 1.54) is 197 Å². The SMILES string of the molecule is CCCCCCCC/C=C/CCCCCCCC(=O)OCCOc1c[c-]c(C=Nc2c(C(C)C)cccc2C(C)C)cc1.CCCCCCCC/C=C/CCCCCCCC(=O)OCCOc1c[c-]c(C=Nc2c(C(C)C)cccc2C(C)C)cc1.[Cl][Pd+].[Cl][Pd+].c1ccc(P(CCP(c2ccccc2)c2ccccc2)c2ccccc2)cc1. The summed E-state index contributed by atoms with van der Waals surface area (Å²) in [5, 5.41) is 5.89. The molecular weight excluding hydrogens is 1720 g/mol. The second kappa shape index (κ2) is 68.4. The van der Waals surface area contributed by atoms with E-state index in [-0.39, 0.29) is 41.0 Å². The Morgan fingerprint density at radius 2 is 0.619 bits per heavy atom. The van der Waals surface area contributed by atoms with Crippen molar-refractivity contribution < 1.29 is 64.9 Å². The van der Waals surface area contributed by atoms with Gasteiger partial charge in [0.25, 0.3) is 0 Å². The molecule has 0 amide bonds. The quantitative estimate of drug-likeness (QED) is 0.00717. The molecule has 0 saturated heterocycles. The normalized spacial score (nSPS) is 11.3. The minimum Gasteiger partial charge on any atom is -0.0622 e. The van der Waals surface area contributed by atoms with Gasteiger partial charge in [0.15, 0.2) is 0 Å². The van der Waals surface area contributed by atoms with Gasteiger partial charge in [-0.05, 0) is 172 Å². The zero-order chi connectivity index (χ0) is 85.3. The predicted molar refractivity (Wildman–Crippen MR) is 506 cm³/mol. The van der Waals surface area contributed by atoms with Crippen molar-refractivity contribution in [1.82, 2.24) is 0 Å². The molecule has 8 rings (SSSR count). The maximum Gasteiger partial charge on any atom is -0.0195 e. The van der Waals surface area contributed by atoms with Gasteiger partial charge in [0.1, 0.15) is 26.4 Å². The van der Waals surface area contributed by atoms with E-state index >= 15 is 0 Å². The second-order valence-corrected chi connectivity index (χ2v) is 35.8. The van der Waals surface area contributed by atoms with Crippen LogP contribution in [0.25, 0.3) is 0 Å². The van der Waals surface area contributed by atoms with Crippen LogP contribution in [0.2, 0.25) is 0 Å². The molecule has 0 aliphatic heterocycles. The number of nitrogens with zero attached hydrogens (tertiary/aromatic N) is 2. The summed E-state index contributed by atoms with van der Waals surface area (Å²) in [7, 11) is 8.28. The van der Waals surface area contributed by atoms with Crippen molar-refractivity contribution in [1.29, 1.82) is 0 Å². The summed E-state index contributed by atoms with van der Waals surface area (Å²) < 4.78 is 22.2. The Labute approximate surface area is 747 Å². The van der Waals surface area contributed by atoms with E-state index in [0.29, 0.717) is 61.2 Å². The number of allylic oxidation sites excluding steroid dienone is 4. The summed E-state index contributed by atoms with van der Waals surface area (Å²) in [6, 6.07) is 74.9. The molecule has 14 heteroatoms. The van der Waals surface area contributed by atoms with Crippen LogP contribution in [0.3, 0.4) is 0 Å². The number of esters is 2. The zero-order valence-electron chi connectivity index (χ0n) is 72.9. The Bertz CT molecular complexity index is 3550. The summed E-state index contributed by atoms with van der Waals surface area (Å²) in [6.45, 7) is 23.3. The smallest absolute Gasteiger partial charge is 0.0195 e. The van der Waals surface area contributed by atoms with E-state index in [1.807, 2.05) is 48.8 Å². The molecular formula is C104H140Cl2N2O6P2Pd2. The van der Waals surface area contributed by atoms with Gasteiger partial charge < -0.3 is 28.9 Å². The summed E-state index contributed by atoms with van der Waals surface area (Å²) >= 11 is 4.44. The van der Waals surface area contributed by atoms with Gasteiger partial charge >= 0.3 is 67.4 Å². The largest absolute Gasteiger partial charge is 0.0622 e. The van der Waals surface area contributed by atoms with E-state index in [0.717, 1.165) is 48.2 Å². The topological polar surface area (TPSA) is 95.8 Å². The number of carbonyl (C=O) groups excluding carboxylic acids is 2. The first-order valence-corrected chi connectivity index (χ1v) is 51.0. The molecule has 118 heavy (non-hydrogen) atoms. The number of carbonyl (C=O) groups is 2. The summed E-state index contributed by atoms with van der Waals surface area (Å²) in [5.41, 5.74) is 8.94. The number of para-hydroxylation sites is 2. The van der Waals surface area contributed by atoms with Gasteiger partial charge in [-0.25, -0.2) is 0 Å². The number of hydrogen-bond acceptors (Lipinski definition) is 8. The van der Waals surface area contributed by atoms with E-state index in [2.05, 4.69) is 319 Å². The number of unbranched alkanes of at least 4 members (excludes halogenated alkanes) is 22. The second-order valence-electron chi connectivity index (χ2n) is 31.1. The molecule has 8 aromatic rings. The molecule has 0 heterocycles. The monoisotopic (exact) mass is 1860 g/mol. The van der Waals surface area contributed by atoms with E-state index in [4.69, 9.17) is 28.9 Å². The van der Waals surface area contributed by atoms with E-state index < -0.39 is 0 Å². The van der Waals surface area contributed by atoms with Gasteiger partial charge in [0.05, 0.1) is 11.4 Å². The summed E-state index contributed by atoms with van der Waals surface area (Å²) in [4.78, 5) is 33.8. The molecule has 0 unspecified atom stereocenters. The van der Waals surface area contributed by atoms with Gasteiger partial charge in [-0.2, -0.15) is 0 Å². The Morgan fingerprint density at radius 3 is 0.881 bits per heavy atom. The molecule has 0 fully saturated rings. The molecule has 0 spiro atoms. The van der Waals surface area contributed by atoms with Crippen molar-refractivity contribution in [2.24, 2.45) is 9.98 Å². The molecule has 0 radical (unpaired) electrons. The predicted octanol–water partition coefficient (Wildman–Crippen LogP) is 29.5. The Morgan fingerprint density at radius 1 is 0.347 bits per heavy atom. The van der Waals surface area contributed by atoms with Gasteiger partial charge in [0, 0.05) is 24.3 Å². The van der Waals surface area contributed by atoms with Crippen LogP contribution in [0, 0.1) is 12.1 Å². The Balaban J connectivity index is 0.000000371. The van der Waals surface area contributed by atoms with Crippen LogP contribution in [0.15, 0.2) is 228 Å². The Hall–Kier alpha value is -6.12. The number of rotatable bonds is 53. The molecule has 0 aliphatic carbocycles. The molecule has 0 bridgehead atoms. The van der Waals surface area contributed by atoms with Crippen molar-refractivity contribution in [3.05, 3.63) is 264 Å². The molecule has 0 atom stereocenters. The van der Waals surface area contributed by atoms with Crippen molar-refractivity contribution >= 4 is 91.9 Å². The Kier molecular flexibility index (Phi) is 60.4. The molecule has 8 nitrogen and oxygen atoms in total. The summed E-state index contributed by atoms with van der Waals surface area (Å²) in [5.74, 6) is 2.75. The van der Waals surface area contributed by atoms with Crippen LogP contribution in [-0.2, 0) is 55.4 Å².